The lowest BCUT2D eigenvalue weighted by molar-refractivity contribution is 1.10. The Bertz CT molecular complexity index is 837. The number of nitrogens with one attached hydrogen (secondary N) is 1. The van der Waals surface area contributed by atoms with Gasteiger partial charge in [0.2, 0.25) is 5.91 Å². The van der Waals surface area contributed by atoms with Crippen molar-refractivity contribution in [3.05, 3.63) is 0 Å². The molecule has 0 radical (unpaired) electrons. The molecule has 3 aliphatic heterocycles. The van der Waals surface area contributed by atoms with Crippen molar-refractivity contribution in [2.24, 2.45) is 22.6 Å². The van der Waals surface area contributed by atoms with Crippen molar-refractivity contribution >= 4 is 139 Å². The van der Waals surface area contributed by atoms with Crippen molar-refractivity contribution in [2.75, 3.05) is 0 Å². The maximum atomic E-state index is 6.57. The molecule has 0 aromatic heterocycles. The van der Waals surface area contributed by atoms with Gasteiger partial charge in [-0.25, -0.2) is 0 Å². The van der Waals surface area contributed by atoms with Crippen LogP contribution in [0, 0.1) is 0 Å². The van der Waals surface area contributed by atoms with E-state index >= 15 is 0 Å². The second-order valence-electron chi connectivity index (χ2n) is 3.73. The van der Waals surface area contributed by atoms with Crippen molar-refractivity contribution in [3.63, 3.8) is 0 Å². The fraction of sp³-hybridized carbons (Fsp3) is 0. The van der Waals surface area contributed by atoms with Crippen LogP contribution in [0.3, 0.4) is 0 Å². The maximum absolute atomic E-state index is 6.57. The van der Waals surface area contributed by atoms with Gasteiger partial charge in [0, 0.05) is 0 Å². The Morgan fingerprint density at radius 3 is 1.95 bits per heavy atom. The summed E-state index contributed by atoms with van der Waals surface area (Å²) < 4.78 is 21.9. The summed E-state index contributed by atoms with van der Waals surface area (Å²) in [4.78, 5) is 2.74. The molecule has 3 aliphatic rings. The molecule has 0 aromatic carbocycles. The predicted octanol–water partition coefficient (Wildman–Crippen LogP) is 11.5. The zero-order valence-electron chi connectivity index (χ0n) is 9.27. The van der Waals surface area contributed by atoms with E-state index < -0.39 is 38.2 Å². The first kappa shape index (κ1) is 20.8. The fourth-order valence-corrected chi connectivity index (χ4v) is 46.4. The molecule has 0 saturated carbocycles. The molecule has 0 amide bonds. The van der Waals surface area contributed by atoms with Crippen LogP contribution in [0.25, 0.3) is 0 Å². The van der Waals surface area contributed by atoms with Crippen LogP contribution in [0.1, 0.15) is 0 Å². The van der Waals surface area contributed by atoms with Gasteiger partial charge in [0.15, 0.2) is 22.5 Å². The summed E-state index contributed by atoms with van der Waals surface area (Å²) in [6.45, 7) is -9.98. The van der Waals surface area contributed by atoms with Gasteiger partial charge in [-0.15, -0.1) is 4.21 Å². The fourth-order valence-electron chi connectivity index (χ4n) is 1.63. The van der Waals surface area contributed by atoms with E-state index in [0.717, 1.165) is 0 Å². The minimum atomic E-state index is -3.36. The lowest BCUT2D eigenvalue weighted by Crippen LogP contribution is -2.19. The maximum Gasteiger partial charge on any atom is 0.448 e. The van der Waals surface area contributed by atoms with E-state index in [2.05, 4.69) is 27.4 Å². The zero-order chi connectivity index (χ0) is 16.8. The summed E-state index contributed by atoms with van der Waals surface area (Å²) in [6, 6.07) is 0. The van der Waals surface area contributed by atoms with Gasteiger partial charge in [0.1, 0.15) is 0 Å². The molecule has 0 aromatic rings. The van der Waals surface area contributed by atoms with Gasteiger partial charge < -0.3 is 0 Å². The summed E-state index contributed by atoms with van der Waals surface area (Å²) in [7, 11) is 0. The molecule has 128 valence electrons. The molecule has 22 heavy (non-hydrogen) atoms. The van der Waals surface area contributed by atoms with E-state index in [-0.39, 0.29) is 0 Å². The molecule has 3 heterocycles. The molecule has 0 aliphatic carbocycles. The van der Waals surface area contributed by atoms with Crippen molar-refractivity contribution < 1.29 is 0 Å². The monoisotopic (exact) mass is 600 g/mol. The van der Waals surface area contributed by atoms with Gasteiger partial charge in [-0.3, -0.25) is 0 Å². The third-order valence-corrected chi connectivity index (χ3v) is 33.3. The van der Waals surface area contributed by atoms with Crippen LogP contribution in [0.4, 0.5) is 0 Å². The van der Waals surface area contributed by atoms with Crippen molar-refractivity contribution in [2.45, 2.75) is 0 Å². The topological polar surface area (TPSA) is 77.1 Å². The number of halogens is 9. The largest absolute Gasteiger partial charge is 0.448 e. The van der Waals surface area contributed by atoms with Gasteiger partial charge >= 0.3 is 6.27 Å². The molecule has 22 heteroatoms. The average Bonchev–Trinajstić information content (AvgIpc) is 1.99. The average molecular weight is 604 g/mol. The van der Waals surface area contributed by atoms with Crippen molar-refractivity contribution in [1.82, 2.24) is 9.07 Å². The summed E-state index contributed by atoms with van der Waals surface area (Å²) in [5.74, 6) is -6.44. The van der Waals surface area contributed by atoms with Crippen LogP contribution in [0.5, 0.6) is 0 Å². The Hall–Kier alpha value is 4.11. The molecule has 0 saturated heterocycles. The molecule has 7 nitrogen and oxygen atoms in total. The highest BCUT2D eigenvalue weighted by atomic mass is 35.9. The standard InChI is InChI=1S/Cl9HN7P6/c1-17(2)10-20(7)12-18(3,4)14-22(9)15-19(5,6)13-21(8,11-17)16(20)22/h10H/q+1/t20-,21+,22-/m1/s1. The van der Waals surface area contributed by atoms with E-state index in [1.165, 1.54) is 4.21 Å². The normalized spacial score (nSPS) is 47.7. The lowest BCUT2D eigenvalue weighted by atomic mass is 13.7. The Morgan fingerprint density at radius 1 is 0.773 bits per heavy atom. The van der Waals surface area contributed by atoms with E-state index in [9.17, 15) is 0 Å². The first-order chi connectivity index (χ1) is 9.61. The Kier molecular flexibility index (Phi) is 5.73. The number of rotatable bonds is 0. The molecule has 3 rings (SSSR count). The third-order valence-electron chi connectivity index (χ3n) is 2.06. The molecule has 3 atom stereocenters. The van der Waals surface area contributed by atoms with Crippen LogP contribution >= 0.6 is 139 Å². The first-order valence-electron chi connectivity index (χ1n) is 4.57. The van der Waals surface area contributed by atoms with Crippen LogP contribution < -0.4 is 4.86 Å². The quantitative estimate of drug-likeness (QED) is 0.280. The van der Waals surface area contributed by atoms with Gasteiger partial charge in [-0.05, 0) is 87.7 Å². The molecule has 1 N–H and O–H groups in total. The van der Waals surface area contributed by atoms with Crippen LogP contribution in [0.2, 0.25) is 0 Å². The summed E-state index contributed by atoms with van der Waals surface area (Å²) >= 11 is 56.4. The van der Waals surface area contributed by atoms with Gasteiger partial charge in [0.05, 0.1) is 0 Å². The van der Waals surface area contributed by atoms with Gasteiger partial charge in [-0.2, -0.15) is 18.4 Å². The van der Waals surface area contributed by atoms with E-state index in [1.807, 2.05) is 0 Å². The molecule has 0 fully saturated rings. The van der Waals surface area contributed by atoms with Crippen LogP contribution in [-0.4, -0.2) is 4.21 Å². The Balaban J connectivity index is 2.51. The van der Waals surface area contributed by atoms with E-state index in [1.54, 1.807) is 0 Å². The van der Waals surface area contributed by atoms with E-state index in [0.29, 0.717) is 0 Å². The summed E-state index contributed by atoms with van der Waals surface area (Å²) in [5.41, 5.74) is 0. The molecular weight excluding hydrogens is 603 g/mol. The number of hydrogen-bond donors (Lipinski definition) is 1. The third kappa shape index (κ3) is 3.81. The van der Waals surface area contributed by atoms with Gasteiger partial charge in [0.25, 0.3) is 26.0 Å². The second-order valence-corrected chi connectivity index (χ2v) is 30.4. The SMILES string of the molecule is ClP1(Cl)=N[P@@]2(Cl)=N[P+](Cl)(Cl)N=[P@@]3(Cl)NP(Cl)(Cl)=N[P@@](Cl)(=N1)N23. The van der Waals surface area contributed by atoms with E-state index in [4.69, 9.17) is 101 Å². The summed E-state index contributed by atoms with van der Waals surface area (Å²) in [5, 5.41) is 0. The number of nitrogens with zero attached hydrogens (tertiary/aromatic N) is 6. The van der Waals surface area contributed by atoms with Crippen molar-refractivity contribution in [3.8, 4) is 0 Å². The highest BCUT2D eigenvalue weighted by Gasteiger charge is 2.64. The molecule has 0 spiro atoms. The summed E-state index contributed by atoms with van der Waals surface area (Å²) in [6.07, 6.45) is -3.26. The second kappa shape index (κ2) is 6.05. The highest BCUT2D eigenvalue weighted by Crippen LogP contribution is 3.04. The first-order valence-corrected chi connectivity index (χ1v) is 22.8. The zero-order valence-corrected chi connectivity index (χ0v) is 21.4. The lowest BCUT2D eigenvalue weighted by Gasteiger charge is -2.44. The van der Waals surface area contributed by atoms with Crippen LogP contribution in [0.15, 0.2) is 22.6 Å². The minimum Gasteiger partial charge on any atom is -0.196 e. The van der Waals surface area contributed by atoms with Crippen LogP contribution in [-0.2, 0) is 0 Å². The predicted molar refractivity (Wildman–Crippen MR) is 111 cm³/mol. The minimum absolute atomic E-state index is 1.30. The molecule has 0 bridgehead atoms. The molecular formula is HCl9N7P6+. The van der Waals surface area contributed by atoms with Gasteiger partial charge in [-0.1, -0.05) is 0 Å². The highest BCUT2D eigenvalue weighted by molar-refractivity contribution is 8.31. The number of hydrogen-bond acceptors (Lipinski definition) is 7. The Morgan fingerprint density at radius 2 is 1.36 bits per heavy atom. The molecule has 0 unspecified atom stereocenters. The van der Waals surface area contributed by atoms with Crippen molar-refractivity contribution in [1.29, 1.82) is 0 Å². The Labute approximate surface area is 169 Å². The smallest absolute Gasteiger partial charge is 0.196 e.